The molecule has 2 heterocycles. The Kier molecular flexibility index (Phi) is 5.35. The van der Waals surface area contributed by atoms with Gasteiger partial charge in [0.1, 0.15) is 11.6 Å². The van der Waals surface area contributed by atoms with Gasteiger partial charge in [0.25, 0.3) is 5.91 Å². The number of rotatable bonds is 4. The van der Waals surface area contributed by atoms with Gasteiger partial charge in [-0.2, -0.15) is 0 Å². The molecule has 1 fully saturated rings. The first-order valence-corrected chi connectivity index (χ1v) is 9.19. The summed E-state index contributed by atoms with van der Waals surface area (Å²) >= 11 is 0. The Morgan fingerprint density at radius 2 is 1.93 bits per heavy atom. The first-order valence-electron chi connectivity index (χ1n) is 9.19. The van der Waals surface area contributed by atoms with Crippen LogP contribution in [0.5, 0.6) is 0 Å². The Morgan fingerprint density at radius 1 is 1.22 bits per heavy atom. The van der Waals surface area contributed by atoms with Crippen molar-refractivity contribution in [2.24, 2.45) is 0 Å². The Labute approximate surface area is 158 Å². The number of carbonyl (C=O) groups excluding carboxylic acids is 2. The summed E-state index contributed by atoms with van der Waals surface area (Å²) in [4.78, 5) is 27.1. The minimum absolute atomic E-state index is 0.0214. The maximum absolute atomic E-state index is 13.5. The molecule has 3 rings (SSSR count). The molecule has 1 aromatic carbocycles. The van der Waals surface area contributed by atoms with Crippen molar-refractivity contribution in [1.29, 1.82) is 0 Å². The lowest BCUT2D eigenvalue weighted by Crippen LogP contribution is -2.51. The van der Waals surface area contributed by atoms with Gasteiger partial charge in [0.15, 0.2) is 0 Å². The normalized spacial score (nSPS) is 15.6. The predicted octanol–water partition coefficient (Wildman–Crippen LogP) is 3.43. The SMILES string of the molecule is Cc1occc1C(=O)NC1CCN(C(=O)C(C)(C)c2cccc(F)c2)CC1. The second-order valence-corrected chi connectivity index (χ2v) is 7.57. The molecule has 1 N–H and O–H groups in total. The molecule has 1 saturated heterocycles. The van der Waals surface area contributed by atoms with E-state index in [1.54, 1.807) is 30.0 Å². The number of nitrogens with one attached hydrogen (secondary N) is 1. The second-order valence-electron chi connectivity index (χ2n) is 7.57. The van der Waals surface area contributed by atoms with Crippen molar-refractivity contribution in [3.05, 3.63) is 59.3 Å². The maximum atomic E-state index is 13.5. The van der Waals surface area contributed by atoms with Gasteiger partial charge in [-0.1, -0.05) is 12.1 Å². The van der Waals surface area contributed by atoms with Gasteiger partial charge in [-0.15, -0.1) is 0 Å². The molecule has 0 radical (unpaired) electrons. The first kappa shape index (κ1) is 19.1. The Morgan fingerprint density at radius 3 is 2.52 bits per heavy atom. The standard InChI is InChI=1S/C21H25FN2O3/c1-14-18(9-12-27-14)19(25)23-17-7-10-24(11-8-17)20(26)21(2,3)15-5-4-6-16(22)13-15/h4-6,9,12-13,17H,7-8,10-11H2,1-3H3,(H,23,25). The van der Waals surface area contributed by atoms with Crippen LogP contribution in [0.1, 0.15) is 48.4 Å². The molecule has 1 aromatic heterocycles. The molecule has 2 amide bonds. The fourth-order valence-electron chi connectivity index (χ4n) is 3.51. The molecule has 0 unspecified atom stereocenters. The van der Waals surface area contributed by atoms with Crippen molar-refractivity contribution >= 4 is 11.8 Å². The topological polar surface area (TPSA) is 62.6 Å². The molecule has 0 spiro atoms. The minimum Gasteiger partial charge on any atom is -0.469 e. The van der Waals surface area contributed by atoms with E-state index in [0.29, 0.717) is 42.8 Å². The Balaban J connectivity index is 1.59. The van der Waals surface area contributed by atoms with E-state index in [1.165, 1.54) is 18.4 Å². The number of hydrogen-bond acceptors (Lipinski definition) is 3. The lowest BCUT2D eigenvalue weighted by molar-refractivity contribution is -0.137. The fraction of sp³-hybridized carbons (Fsp3) is 0.429. The van der Waals surface area contributed by atoms with Gasteiger partial charge < -0.3 is 14.6 Å². The molecule has 27 heavy (non-hydrogen) atoms. The Bertz CT molecular complexity index is 835. The summed E-state index contributed by atoms with van der Waals surface area (Å²) in [6.45, 7) is 6.52. The number of carbonyl (C=O) groups is 2. The molecule has 0 atom stereocenters. The maximum Gasteiger partial charge on any atom is 0.255 e. The molecule has 0 bridgehead atoms. The lowest BCUT2D eigenvalue weighted by atomic mass is 9.82. The van der Waals surface area contributed by atoms with Crippen LogP contribution in [-0.4, -0.2) is 35.8 Å². The van der Waals surface area contributed by atoms with E-state index < -0.39 is 5.41 Å². The molecular weight excluding hydrogens is 347 g/mol. The van der Waals surface area contributed by atoms with E-state index >= 15 is 0 Å². The quantitative estimate of drug-likeness (QED) is 0.894. The van der Waals surface area contributed by atoms with Crippen LogP contribution in [-0.2, 0) is 10.2 Å². The zero-order valence-corrected chi connectivity index (χ0v) is 15.9. The highest BCUT2D eigenvalue weighted by Gasteiger charge is 2.36. The minimum atomic E-state index is -0.800. The van der Waals surface area contributed by atoms with Crippen molar-refractivity contribution in [3.8, 4) is 0 Å². The number of nitrogens with zero attached hydrogens (tertiary/aromatic N) is 1. The van der Waals surface area contributed by atoms with Crippen LogP contribution in [0, 0.1) is 12.7 Å². The lowest BCUT2D eigenvalue weighted by Gasteiger charge is -2.37. The highest BCUT2D eigenvalue weighted by atomic mass is 19.1. The van der Waals surface area contributed by atoms with Crippen LogP contribution >= 0.6 is 0 Å². The van der Waals surface area contributed by atoms with E-state index in [-0.39, 0.29) is 23.7 Å². The zero-order valence-electron chi connectivity index (χ0n) is 15.9. The van der Waals surface area contributed by atoms with Crippen molar-refractivity contribution in [3.63, 3.8) is 0 Å². The number of halogens is 1. The third-order valence-electron chi connectivity index (χ3n) is 5.30. The Hall–Kier alpha value is -2.63. The highest BCUT2D eigenvalue weighted by molar-refractivity contribution is 5.95. The molecular formula is C21H25FN2O3. The van der Waals surface area contributed by atoms with Gasteiger partial charge in [0, 0.05) is 19.1 Å². The van der Waals surface area contributed by atoms with Crippen molar-refractivity contribution in [2.75, 3.05) is 13.1 Å². The summed E-state index contributed by atoms with van der Waals surface area (Å²) in [5.74, 6) is 0.0796. The van der Waals surface area contributed by atoms with Gasteiger partial charge in [-0.25, -0.2) is 4.39 Å². The van der Waals surface area contributed by atoms with Crippen LogP contribution < -0.4 is 5.32 Å². The van der Waals surface area contributed by atoms with Gasteiger partial charge in [0.05, 0.1) is 17.2 Å². The highest BCUT2D eigenvalue weighted by Crippen LogP contribution is 2.28. The monoisotopic (exact) mass is 372 g/mol. The number of likely N-dealkylation sites (tertiary alicyclic amines) is 1. The molecule has 1 aliphatic heterocycles. The smallest absolute Gasteiger partial charge is 0.255 e. The van der Waals surface area contributed by atoms with Gasteiger partial charge in [0.2, 0.25) is 5.91 Å². The molecule has 0 aliphatic carbocycles. The van der Waals surface area contributed by atoms with E-state index in [4.69, 9.17) is 4.42 Å². The van der Waals surface area contributed by atoms with E-state index in [1.807, 2.05) is 13.8 Å². The van der Waals surface area contributed by atoms with Crippen molar-refractivity contribution in [2.45, 2.75) is 45.1 Å². The van der Waals surface area contributed by atoms with Crippen molar-refractivity contribution in [1.82, 2.24) is 10.2 Å². The van der Waals surface area contributed by atoms with E-state index in [9.17, 15) is 14.0 Å². The summed E-state index contributed by atoms with van der Waals surface area (Å²) in [6, 6.07) is 7.87. The molecule has 2 aromatic rings. The largest absolute Gasteiger partial charge is 0.469 e. The van der Waals surface area contributed by atoms with Crippen LogP contribution in [0.3, 0.4) is 0 Å². The third-order valence-corrected chi connectivity index (χ3v) is 5.30. The fourth-order valence-corrected chi connectivity index (χ4v) is 3.51. The van der Waals surface area contributed by atoms with Crippen LogP contribution in [0.2, 0.25) is 0 Å². The van der Waals surface area contributed by atoms with Crippen LogP contribution in [0.25, 0.3) is 0 Å². The van der Waals surface area contributed by atoms with E-state index in [2.05, 4.69) is 5.32 Å². The number of piperidine rings is 1. The predicted molar refractivity (Wildman–Crippen MR) is 99.9 cm³/mol. The summed E-state index contributed by atoms with van der Waals surface area (Å²) < 4.78 is 18.7. The van der Waals surface area contributed by atoms with Crippen molar-refractivity contribution < 1.29 is 18.4 Å². The average molecular weight is 372 g/mol. The third kappa shape index (κ3) is 4.04. The summed E-state index contributed by atoms with van der Waals surface area (Å²) in [7, 11) is 0. The van der Waals surface area contributed by atoms with Gasteiger partial charge in [-0.3, -0.25) is 9.59 Å². The molecule has 144 valence electrons. The number of hydrogen-bond donors (Lipinski definition) is 1. The zero-order chi connectivity index (χ0) is 19.6. The van der Waals surface area contributed by atoms with E-state index in [0.717, 1.165) is 0 Å². The van der Waals surface area contributed by atoms with Gasteiger partial charge >= 0.3 is 0 Å². The number of benzene rings is 1. The molecule has 0 saturated carbocycles. The number of amides is 2. The number of aryl methyl sites for hydroxylation is 1. The van der Waals surface area contributed by atoms with Crippen LogP contribution in [0.15, 0.2) is 41.0 Å². The second kappa shape index (κ2) is 7.55. The molecule has 5 nitrogen and oxygen atoms in total. The van der Waals surface area contributed by atoms with Crippen LogP contribution in [0.4, 0.5) is 4.39 Å². The first-order chi connectivity index (χ1) is 12.8. The summed E-state index contributed by atoms with van der Waals surface area (Å²) in [5.41, 5.74) is 0.408. The summed E-state index contributed by atoms with van der Waals surface area (Å²) in [5, 5.41) is 3.01. The number of furan rings is 1. The molecule has 6 heteroatoms. The molecule has 1 aliphatic rings. The summed E-state index contributed by atoms with van der Waals surface area (Å²) in [6.07, 6.45) is 2.88. The van der Waals surface area contributed by atoms with Gasteiger partial charge in [-0.05, 0) is 57.4 Å². The average Bonchev–Trinajstić information content (AvgIpc) is 3.08.